The molecule has 6 heteroatoms. The first-order valence-electron chi connectivity index (χ1n) is 7.57. The van der Waals surface area contributed by atoms with Crippen molar-refractivity contribution in [3.05, 3.63) is 48.3 Å². The zero-order chi connectivity index (χ0) is 14.9. The van der Waals surface area contributed by atoms with E-state index in [9.17, 15) is 0 Å². The monoisotopic (exact) mass is 294 g/mol. The maximum Gasteiger partial charge on any atom is 0.256 e. The van der Waals surface area contributed by atoms with Gasteiger partial charge in [0, 0.05) is 25.1 Å². The van der Waals surface area contributed by atoms with Crippen molar-refractivity contribution in [2.24, 2.45) is 0 Å². The maximum absolute atomic E-state index is 6.05. The van der Waals surface area contributed by atoms with Crippen LogP contribution in [0.3, 0.4) is 0 Å². The summed E-state index contributed by atoms with van der Waals surface area (Å²) in [6.07, 6.45) is 3.84. The second kappa shape index (κ2) is 5.29. The molecule has 1 unspecified atom stereocenters. The molecule has 0 saturated carbocycles. The largest absolute Gasteiger partial charge is 0.383 e. The highest BCUT2D eigenvalue weighted by Gasteiger charge is 2.23. The summed E-state index contributed by atoms with van der Waals surface area (Å²) in [5, 5.41) is 4.07. The number of fused-ring (bicyclic) bond motifs is 1. The molecule has 0 bridgehead atoms. The van der Waals surface area contributed by atoms with Crippen molar-refractivity contribution >= 4 is 17.4 Å². The van der Waals surface area contributed by atoms with Crippen molar-refractivity contribution in [2.75, 3.05) is 23.7 Å². The molecule has 6 nitrogen and oxygen atoms in total. The van der Waals surface area contributed by atoms with E-state index in [0.717, 1.165) is 25.3 Å². The highest BCUT2D eigenvalue weighted by atomic mass is 15.4. The minimum atomic E-state index is 0.534. The van der Waals surface area contributed by atoms with E-state index >= 15 is 0 Å². The number of nitrogens with two attached hydrogens (primary N) is 1. The van der Waals surface area contributed by atoms with Gasteiger partial charge in [-0.25, -0.2) is 0 Å². The number of rotatable bonds is 2. The SMILES string of the molecule is Nc1cc(N2CCCC(c3ccccc3)C2)nc2ncnn12. The lowest BCUT2D eigenvalue weighted by Crippen LogP contribution is -2.35. The summed E-state index contributed by atoms with van der Waals surface area (Å²) in [7, 11) is 0. The minimum Gasteiger partial charge on any atom is -0.383 e. The third kappa shape index (κ3) is 2.26. The van der Waals surface area contributed by atoms with E-state index in [-0.39, 0.29) is 0 Å². The summed E-state index contributed by atoms with van der Waals surface area (Å²) in [6.45, 7) is 1.96. The topological polar surface area (TPSA) is 72.3 Å². The zero-order valence-corrected chi connectivity index (χ0v) is 12.3. The maximum atomic E-state index is 6.05. The first-order chi connectivity index (χ1) is 10.8. The fourth-order valence-electron chi connectivity index (χ4n) is 3.17. The standard InChI is InChI=1S/C16H18N6/c17-14-9-15(20-16-18-11-19-22(14)16)21-8-4-7-13(10-21)12-5-2-1-3-6-12/h1-3,5-6,9,11,13H,4,7-8,10,17H2. The van der Waals surface area contributed by atoms with Gasteiger partial charge in [-0.3, -0.25) is 0 Å². The fourth-order valence-corrected chi connectivity index (χ4v) is 3.17. The first-order valence-corrected chi connectivity index (χ1v) is 7.57. The Bertz CT molecular complexity index is 782. The van der Waals surface area contributed by atoms with Crippen LogP contribution in [0, 0.1) is 0 Å². The smallest absolute Gasteiger partial charge is 0.256 e. The third-order valence-electron chi connectivity index (χ3n) is 4.28. The van der Waals surface area contributed by atoms with Gasteiger partial charge in [-0.05, 0) is 18.4 Å². The van der Waals surface area contributed by atoms with E-state index in [2.05, 4.69) is 50.3 Å². The van der Waals surface area contributed by atoms with Crippen LogP contribution in [0.15, 0.2) is 42.7 Å². The van der Waals surface area contributed by atoms with Crippen LogP contribution in [0.5, 0.6) is 0 Å². The van der Waals surface area contributed by atoms with Crippen molar-refractivity contribution in [1.29, 1.82) is 0 Å². The number of benzene rings is 1. The summed E-state index contributed by atoms with van der Waals surface area (Å²) < 4.78 is 1.56. The molecule has 22 heavy (non-hydrogen) atoms. The molecule has 0 amide bonds. The van der Waals surface area contributed by atoms with Gasteiger partial charge in [0.25, 0.3) is 5.78 Å². The van der Waals surface area contributed by atoms with Crippen LogP contribution in [0.2, 0.25) is 0 Å². The average Bonchev–Trinajstić information content (AvgIpc) is 3.05. The molecular formula is C16H18N6. The Hall–Kier alpha value is -2.63. The van der Waals surface area contributed by atoms with Gasteiger partial charge in [0.05, 0.1) is 0 Å². The summed E-state index contributed by atoms with van der Waals surface area (Å²) in [5.74, 6) is 2.54. The molecule has 1 atom stereocenters. The highest BCUT2D eigenvalue weighted by Crippen LogP contribution is 2.29. The summed E-state index contributed by atoms with van der Waals surface area (Å²) in [6, 6.07) is 12.6. The van der Waals surface area contributed by atoms with Gasteiger partial charge in [0.1, 0.15) is 18.0 Å². The molecule has 1 fully saturated rings. The Morgan fingerprint density at radius 1 is 1.18 bits per heavy atom. The molecule has 2 aromatic heterocycles. The Morgan fingerprint density at radius 2 is 2.05 bits per heavy atom. The van der Waals surface area contributed by atoms with Crippen molar-refractivity contribution in [3.63, 3.8) is 0 Å². The van der Waals surface area contributed by atoms with Gasteiger partial charge in [-0.1, -0.05) is 30.3 Å². The Kier molecular flexibility index (Phi) is 3.14. The molecule has 4 rings (SSSR count). The van der Waals surface area contributed by atoms with Gasteiger partial charge in [0.2, 0.25) is 0 Å². The van der Waals surface area contributed by atoms with Crippen LogP contribution >= 0.6 is 0 Å². The molecule has 112 valence electrons. The molecule has 3 heterocycles. The summed E-state index contributed by atoms with van der Waals surface area (Å²) in [4.78, 5) is 11.0. The molecule has 3 aromatic rings. The molecule has 2 N–H and O–H groups in total. The zero-order valence-electron chi connectivity index (χ0n) is 12.3. The van der Waals surface area contributed by atoms with Crippen molar-refractivity contribution in [1.82, 2.24) is 19.6 Å². The normalized spacial score (nSPS) is 18.7. The average molecular weight is 294 g/mol. The van der Waals surface area contributed by atoms with Gasteiger partial charge >= 0.3 is 0 Å². The molecule has 0 spiro atoms. The predicted molar refractivity (Wildman–Crippen MR) is 85.8 cm³/mol. The van der Waals surface area contributed by atoms with E-state index in [4.69, 9.17) is 5.73 Å². The van der Waals surface area contributed by atoms with Gasteiger partial charge in [-0.2, -0.15) is 19.6 Å². The molecule has 0 radical (unpaired) electrons. The lowest BCUT2D eigenvalue weighted by molar-refractivity contribution is 0.507. The number of hydrogen-bond acceptors (Lipinski definition) is 5. The highest BCUT2D eigenvalue weighted by molar-refractivity contribution is 5.53. The first kappa shape index (κ1) is 13.1. The fraction of sp³-hybridized carbons (Fsp3) is 0.312. The van der Waals surface area contributed by atoms with E-state index < -0.39 is 0 Å². The van der Waals surface area contributed by atoms with Crippen molar-refractivity contribution in [2.45, 2.75) is 18.8 Å². The van der Waals surface area contributed by atoms with E-state index in [1.165, 1.54) is 18.3 Å². The van der Waals surface area contributed by atoms with Crippen LogP contribution in [0.4, 0.5) is 11.6 Å². The minimum absolute atomic E-state index is 0.534. The summed E-state index contributed by atoms with van der Waals surface area (Å²) in [5.41, 5.74) is 7.44. The second-order valence-corrected chi connectivity index (χ2v) is 5.71. The Balaban J connectivity index is 1.63. The van der Waals surface area contributed by atoms with Gasteiger partial charge in [-0.15, -0.1) is 0 Å². The van der Waals surface area contributed by atoms with Crippen LogP contribution in [0.25, 0.3) is 5.78 Å². The lowest BCUT2D eigenvalue weighted by Gasteiger charge is -2.33. The van der Waals surface area contributed by atoms with Crippen LogP contribution in [-0.2, 0) is 0 Å². The van der Waals surface area contributed by atoms with Crippen molar-refractivity contribution < 1.29 is 0 Å². The van der Waals surface area contributed by atoms with Crippen molar-refractivity contribution in [3.8, 4) is 0 Å². The number of aromatic nitrogens is 4. The molecule has 0 aliphatic carbocycles. The van der Waals surface area contributed by atoms with Crippen LogP contribution < -0.4 is 10.6 Å². The van der Waals surface area contributed by atoms with E-state index in [0.29, 0.717) is 17.5 Å². The number of anilines is 2. The molecule has 1 saturated heterocycles. The van der Waals surface area contributed by atoms with Crippen LogP contribution in [0.1, 0.15) is 24.3 Å². The predicted octanol–water partition coefficient (Wildman–Crippen LogP) is 2.09. The third-order valence-corrected chi connectivity index (χ3v) is 4.28. The van der Waals surface area contributed by atoms with E-state index in [1.807, 2.05) is 6.07 Å². The number of piperidine rings is 1. The Morgan fingerprint density at radius 3 is 2.91 bits per heavy atom. The molecule has 1 aromatic carbocycles. The van der Waals surface area contributed by atoms with Gasteiger partial charge in [0.15, 0.2) is 0 Å². The van der Waals surface area contributed by atoms with Crippen LogP contribution in [-0.4, -0.2) is 32.7 Å². The van der Waals surface area contributed by atoms with Gasteiger partial charge < -0.3 is 10.6 Å². The Labute approximate surface area is 128 Å². The number of nitrogens with zero attached hydrogens (tertiary/aromatic N) is 5. The number of nitrogen functional groups attached to an aromatic ring is 1. The molecular weight excluding hydrogens is 276 g/mol. The summed E-state index contributed by atoms with van der Waals surface area (Å²) >= 11 is 0. The quantitative estimate of drug-likeness (QED) is 0.783. The molecule has 1 aliphatic rings. The lowest BCUT2D eigenvalue weighted by atomic mass is 9.91. The van der Waals surface area contributed by atoms with E-state index in [1.54, 1.807) is 4.52 Å². The number of hydrogen-bond donors (Lipinski definition) is 1. The second-order valence-electron chi connectivity index (χ2n) is 5.71. The molecule has 1 aliphatic heterocycles.